The van der Waals surface area contributed by atoms with Crippen LogP contribution in [-0.2, 0) is 0 Å². The number of hydrogen-bond acceptors (Lipinski definition) is 4. The van der Waals surface area contributed by atoms with Gasteiger partial charge in [0, 0.05) is 30.9 Å². The van der Waals surface area contributed by atoms with E-state index in [4.69, 9.17) is 11.5 Å². The molecular weight excluding hydrogens is 146 g/mol. The van der Waals surface area contributed by atoms with Crippen LogP contribution in [0.5, 0.6) is 0 Å². The fourth-order valence-corrected chi connectivity index (χ4v) is 0.630. The Morgan fingerprint density at radius 3 is 2.60 bits per heavy atom. The molecule has 0 amide bonds. The first-order valence-corrected chi connectivity index (χ1v) is 4.13. The van der Waals surface area contributed by atoms with Gasteiger partial charge in [0.15, 0.2) is 0 Å². The van der Waals surface area contributed by atoms with E-state index in [-0.39, 0.29) is 6.04 Å². The molecular formula is C6H17N3S. The molecule has 0 saturated heterocycles. The molecule has 0 aromatic heterocycles. The van der Waals surface area contributed by atoms with Crippen molar-refractivity contribution >= 4 is 12.6 Å². The third kappa shape index (κ3) is 5.05. The monoisotopic (exact) mass is 163 g/mol. The molecule has 0 aliphatic rings. The van der Waals surface area contributed by atoms with Crippen molar-refractivity contribution in [2.24, 2.45) is 11.5 Å². The Labute approximate surface area is 67.9 Å². The largest absolute Gasteiger partial charge is 0.329 e. The summed E-state index contributed by atoms with van der Waals surface area (Å²) in [5.41, 5.74) is 11.0. The Morgan fingerprint density at radius 1 is 1.60 bits per heavy atom. The van der Waals surface area contributed by atoms with Gasteiger partial charge in [-0.2, -0.15) is 12.6 Å². The van der Waals surface area contributed by atoms with Gasteiger partial charge < -0.3 is 16.8 Å². The summed E-state index contributed by atoms with van der Waals surface area (Å²) in [5, 5.41) is 3.18. The van der Waals surface area contributed by atoms with E-state index >= 15 is 0 Å². The predicted molar refractivity (Wildman–Crippen MR) is 48.3 cm³/mol. The minimum absolute atomic E-state index is 0.136. The first kappa shape index (κ1) is 10.2. The van der Waals surface area contributed by atoms with Crippen molar-refractivity contribution in [1.29, 1.82) is 0 Å². The van der Waals surface area contributed by atoms with E-state index in [2.05, 4.69) is 17.9 Å². The minimum atomic E-state index is 0.136. The maximum absolute atomic E-state index is 5.60. The van der Waals surface area contributed by atoms with Crippen molar-refractivity contribution in [3.8, 4) is 0 Å². The van der Waals surface area contributed by atoms with E-state index in [1.165, 1.54) is 0 Å². The van der Waals surface area contributed by atoms with E-state index in [1.807, 2.05) is 6.92 Å². The Balaban J connectivity index is 3.17. The second kappa shape index (κ2) is 5.97. The quantitative estimate of drug-likeness (QED) is 0.400. The maximum Gasteiger partial charge on any atom is 0.0254 e. The van der Waals surface area contributed by atoms with Gasteiger partial charge in [-0.1, -0.05) is 0 Å². The lowest BCUT2D eigenvalue weighted by Crippen LogP contribution is -2.42. The molecule has 62 valence electrons. The highest BCUT2D eigenvalue weighted by molar-refractivity contribution is 7.80. The van der Waals surface area contributed by atoms with Gasteiger partial charge in [-0.05, 0) is 6.92 Å². The second-order valence-corrected chi connectivity index (χ2v) is 2.85. The van der Waals surface area contributed by atoms with Gasteiger partial charge in [0.2, 0.25) is 0 Å². The summed E-state index contributed by atoms with van der Waals surface area (Å²) >= 11 is 4.05. The molecule has 3 nitrogen and oxygen atoms in total. The van der Waals surface area contributed by atoms with Crippen molar-refractivity contribution in [2.75, 3.05) is 18.8 Å². The maximum atomic E-state index is 5.60. The first-order valence-electron chi connectivity index (χ1n) is 3.50. The lowest BCUT2D eigenvalue weighted by molar-refractivity contribution is 0.526. The Bertz CT molecular complexity index is 69.4. The lowest BCUT2D eigenvalue weighted by Gasteiger charge is -2.14. The van der Waals surface area contributed by atoms with Crippen LogP contribution in [0.3, 0.4) is 0 Å². The molecule has 0 radical (unpaired) electrons. The SMILES string of the molecule is C[C@@H](CN)NC[C@@H](N)CS. The van der Waals surface area contributed by atoms with Gasteiger partial charge in [-0.25, -0.2) is 0 Å². The van der Waals surface area contributed by atoms with Crippen LogP contribution in [0.15, 0.2) is 0 Å². The molecule has 0 bridgehead atoms. The Kier molecular flexibility index (Phi) is 6.11. The summed E-state index contributed by atoms with van der Waals surface area (Å²) in [6.07, 6.45) is 0. The fourth-order valence-electron chi connectivity index (χ4n) is 0.500. The van der Waals surface area contributed by atoms with Crippen molar-refractivity contribution in [3.63, 3.8) is 0 Å². The molecule has 10 heavy (non-hydrogen) atoms. The highest BCUT2D eigenvalue weighted by Gasteiger charge is 2.01. The third-order valence-corrected chi connectivity index (χ3v) is 1.79. The number of hydrogen-bond donors (Lipinski definition) is 4. The molecule has 0 aliphatic carbocycles. The summed E-state index contributed by atoms with van der Waals surface area (Å²) in [7, 11) is 0. The van der Waals surface area contributed by atoms with E-state index < -0.39 is 0 Å². The van der Waals surface area contributed by atoms with Gasteiger partial charge in [0.1, 0.15) is 0 Å². The molecule has 0 saturated carbocycles. The smallest absolute Gasteiger partial charge is 0.0254 e. The molecule has 0 rings (SSSR count). The van der Waals surface area contributed by atoms with E-state index in [0.717, 1.165) is 6.54 Å². The first-order chi connectivity index (χ1) is 4.70. The van der Waals surface area contributed by atoms with Crippen molar-refractivity contribution in [1.82, 2.24) is 5.32 Å². The lowest BCUT2D eigenvalue weighted by atomic mass is 10.3. The number of nitrogens with one attached hydrogen (secondary N) is 1. The Morgan fingerprint density at radius 2 is 2.20 bits per heavy atom. The van der Waals surface area contributed by atoms with Crippen LogP contribution in [0.2, 0.25) is 0 Å². The van der Waals surface area contributed by atoms with E-state index in [0.29, 0.717) is 18.3 Å². The van der Waals surface area contributed by atoms with E-state index in [1.54, 1.807) is 0 Å². The van der Waals surface area contributed by atoms with Crippen LogP contribution >= 0.6 is 12.6 Å². The third-order valence-electron chi connectivity index (χ3n) is 1.32. The van der Waals surface area contributed by atoms with Gasteiger partial charge in [-0.15, -0.1) is 0 Å². The molecule has 0 aromatic carbocycles. The molecule has 0 unspecified atom stereocenters. The number of nitrogens with two attached hydrogens (primary N) is 2. The highest BCUT2D eigenvalue weighted by Crippen LogP contribution is 1.82. The summed E-state index contributed by atoms with van der Waals surface area (Å²) in [5.74, 6) is 0.713. The van der Waals surface area contributed by atoms with Gasteiger partial charge in [-0.3, -0.25) is 0 Å². The zero-order chi connectivity index (χ0) is 7.98. The van der Waals surface area contributed by atoms with Crippen molar-refractivity contribution < 1.29 is 0 Å². The molecule has 0 aromatic rings. The second-order valence-electron chi connectivity index (χ2n) is 2.49. The normalized spacial score (nSPS) is 16.8. The average Bonchev–Trinajstić information content (AvgIpc) is 1.99. The van der Waals surface area contributed by atoms with E-state index in [9.17, 15) is 0 Å². The molecule has 0 fully saturated rings. The van der Waals surface area contributed by atoms with Crippen LogP contribution in [0.1, 0.15) is 6.92 Å². The molecule has 0 aliphatic heterocycles. The van der Waals surface area contributed by atoms with Crippen LogP contribution in [0, 0.1) is 0 Å². The molecule has 5 N–H and O–H groups in total. The number of thiol groups is 1. The average molecular weight is 163 g/mol. The fraction of sp³-hybridized carbons (Fsp3) is 1.00. The standard InChI is InChI=1S/C6H17N3S/c1-5(2-7)9-3-6(8)4-10/h5-6,9-10H,2-4,7-8H2,1H3/t5-,6+/m0/s1. The molecule has 4 heteroatoms. The van der Waals surface area contributed by atoms with Crippen LogP contribution in [0.4, 0.5) is 0 Å². The topological polar surface area (TPSA) is 64.1 Å². The molecule has 0 spiro atoms. The minimum Gasteiger partial charge on any atom is -0.329 e. The Hall–Kier alpha value is 0.230. The summed E-state index contributed by atoms with van der Waals surface area (Å²) in [6.45, 7) is 3.48. The zero-order valence-electron chi connectivity index (χ0n) is 6.38. The highest BCUT2D eigenvalue weighted by atomic mass is 32.1. The molecule has 0 heterocycles. The molecule has 2 atom stereocenters. The van der Waals surface area contributed by atoms with Crippen LogP contribution in [0.25, 0.3) is 0 Å². The van der Waals surface area contributed by atoms with Crippen molar-refractivity contribution in [2.45, 2.75) is 19.0 Å². The van der Waals surface area contributed by atoms with Gasteiger partial charge >= 0.3 is 0 Å². The predicted octanol–water partition coefficient (Wildman–Crippen LogP) is -0.820. The summed E-state index contributed by atoms with van der Waals surface area (Å²) < 4.78 is 0. The summed E-state index contributed by atoms with van der Waals surface area (Å²) in [4.78, 5) is 0. The number of rotatable bonds is 5. The summed E-state index contributed by atoms with van der Waals surface area (Å²) in [6, 6.07) is 0.489. The van der Waals surface area contributed by atoms with Crippen LogP contribution < -0.4 is 16.8 Å². The zero-order valence-corrected chi connectivity index (χ0v) is 7.27. The van der Waals surface area contributed by atoms with Crippen molar-refractivity contribution in [3.05, 3.63) is 0 Å². The van der Waals surface area contributed by atoms with Gasteiger partial charge in [0.05, 0.1) is 0 Å². The van der Waals surface area contributed by atoms with Crippen LogP contribution in [-0.4, -0.2) is 30.9 Å². The van der Waals surface area contributed by atoms with Gasteiger partial charge in [0.25, 0.3) is 0 Å².